The molecule has 1 heterocycles. The molecule has 1 aliphatic rings. The van der Waals surface area contributed by atoms with E-state index < -0.39 is 0 Å². The highest BCUT2D eigenvalue weighted by molar-refractivity contribution is 6.31. The molecule has 0 saturated carbocycles. The van der Waals surface area contributed by atoms with Crippen LogP contribution in [0.2, 0.25) is 10.0 Å². The molecular weight excluding hydrogens is 296 g/mol. The molecule has 4 heteroatoms. The van der Waals surface area contributed by atoms with Crippen LogP contribution in [0.1, 0.15) is 11.1 Å². The van der Waals surface area contributed by atoms with Crippen molar-refractivity contribution in [3.63, 3.8) is 0 Å². The van der Waals surface area contributed by atoms with Crippen molar-refractivity contribution in [1.29, 1.82) is 0 Å². The third-order valence-corrected chi connectivity index (χ3v) is 4.49. The Hall–Kier alpha value is -1.09. The molecule has 0 atom stereocenters. The Kier molecular flexibility index (Phi) is 3.72. The Morgan fingerprint density at radius 2 is 1.90 bits per heavy atom. The number of rotatable bonds is 3. The molecule has 1 N–H and O–H groups in total. The first-order valence-corrected chi connectivity index (χ1v) is 7.25. The predicted octanol–water partition coefficient (Wildman–Crippen LogP) is 4.22. The summed E-state index contributed by atoms with van der Waals surface area (Å²) in [6.07, 6.45) is 0.777. The smallest absolute Gasteiger partial charge is 0.124 e. The number of benzene rings is 2. The lowest BCUT2D eigenvalue weighted by Crippen LogP contribution is -2.58. The maximum Gasteiger partial charge on any atom is 0.124 e. The van der Waals surface area contributed by atoms with Gasteiger partial charge >= 0.3 is 0 Å². The van der Waals surface area contributed by atoms with Gasteiger partial charge in [-0.15, -0.1) is 0 Å². The summed E-state index contributed by atoms with van der Waals surface area (Å²) in [6.45, 7) is 1.75. The molecule has 0 amide bonds. The van der Waals surface area contributed by atoms with Crippen LogP contribution >= 0.6 is 23.2 Å². The lowest BCUT2D eigenvalue weighted by molar-refractivity contribution is 0.274. The van der Waals surface area contributed by atoms with Gasteiger partial charge in [-0.1, -0.05) is 41.4 Å². The van der Waals surface area contributed by atoms with Crippen LogP contribution in [0, 0.1) is 5.82 Å². The Balaban J connectivity index is 1.94. The van der Waals surface area contributed by atoms with Crippen molar-refractivity contribution in [3.05, 3.63) is 69.5 Å². The average molecular weight is 310 g/mol. The zero-order chi connectivity index (χ0) is 14.2. The van der Waals surface area contributed by atoms with Gasteiger partial charge in [0.05, 0.1) is 0 Å². The van der Waals surface area contributed by atoms with Gasteiger partial charge in [-0.25, -0.2) is 4.39 Å². The van der Waals surface area contributed by atoms with Crippen molar-refractivity contribution in [2.45, 2.75) is 11.8 Å². The van der Waals surface area contributed by atoms with E-state index in [0.717, 1.165) is 30.1 Å². The number of hydrogen-bond acceptors (Lipinski definition) is 1. The van der Waals surface area contributed by atoms with E-state index in [-0.39, 0.29) is 11.2 Å². The Morgan fingerprint density at radius 3 is 2.50 bits per heavy atom. The highest BCUT2D eigenvalue weighted by Crippen LogP contribution is 2.35. The second kappa shape index (κ2) is 5.36. The first kappa shape index (κ1) is 13.9. The van der Waals surface area contributed by atoms with Gasteiger partial charge in [-0.05, 0) is 41.8 Å². The molecule has 0 aliphatic carbocycles. The normalized spacial score (nSPS) is 16.8. The van der Waals surface area contributed by atoms with Crippen molar-refractivity contribution < 1.29 is 4.39 Å². The fraction of sp³-hybridized carbons (Fsp3) is 0.250. The Labute approximate surface area is 127 Å². The van der Waals surface area contributed by atoms with E-state index in [0.29, 0.717) is 5.02 Å². The van der Waals surface area contributed by atoms with Gasteiger partial charge in [0.25, 0.3) is 0 Å². The minimum absolute atomic E-state index is 0.00757. The monoisotopic (exact) mass is 309 g/mol. The van der Waals surface area contributed by atoms with Crippen LogP contribution in [0.25, 0.3) is 0 Å². The van der Waals surface area contributed by atoms with Crippen molar-refractivity contribution in [2.75, 3.05) is 13.1 Å². The molecule has 2 aromatic rings. The summed E-state index contributed by atoms with van der Waals surface area (Å²) >= 11 is 12.2. The lowest BCUT2D eigenvalue weighted by atomic mass is 9.71. The van der Waals surface area contributed by atoms with Crippen LogP contribution in [0.4, 0.5) is 4.39 Å². The van der Waals surface area contributed by atoms with Gasteiger partial charge < -0.3 is 5.32 Å². The van der Waals surface area contributed by atoms with E-state index in [1.165, 1.54) is 17.7 Å². The largest absolute Gasteiger partial charge is 0.315 e. The maximum absolute atomic E-state index is 13.1. The van der Waals surface area contributed by atoms with E-state index in [4.69, 9.17) is 23.2 Å². The highest BCUT2D eigenvalue weighted by Gasteiger charge is 2.39. The molecule has 0 radical (unpaired) electrons. The summed E-state index contributed by atoms with van der Waals surface area (Å²) in [6, 6.07) is 12.5. The molecule has 20 heavy (non-hydrogen) atoms. The minimum Gasteiger partial charge on any atom is -0.315 e. The third kappa shape index (κ3) is 2.56. The summed E-state index contributed by atoms with van der Waals surface area (Å²) in [5.41, 5.74) is 2.16. The molecule has 0 aromatic heterocycles. The quantitative estimate of drug-likeness (QED) is 0.895. The van der Waals surface area contributed by atoms with E-state index in [2.05, 4.69) is 11.4 Å². The predicted molar refractivity (Wildman–Crippen MR) is 81.1 cm³/mol. The van der Waals surface area contributed by atoms with Crippen molar-refractivity contribution in [1.82, 2.24) is 5.32 Å². The molecule has 1 nitrogen and oxygen atoms in total. The average Bonchev–Trinajstić information content (AvgIpc) is 2.36. The molecule has 0 unspecified atom stereocenters. The maximum atomic E-state index is 13.1. The molecule has 104 valence electrons. The first-order valence-electron chi connectivity index (χ1n) is 6.50. The van der Waals surface area contributed by atoms with Crippen LogP contribution in [-0.2, 0) is 11.8 Å². The number of nitrogens with one attached hydrogen (secondary N) is 1. The molecular formula is C16H14Cl2FN. The highest BCUT2D eigenvalue weighted by atomic mass is 35.5. The fourth-order valence-corrected chi connectivity index (χ4v) is 3.13. The molecule has 2 aromatic carbocycles. The van der Waals surface area contributed by atoms with Crippen LogP contribution in [0.5, 0.6) is 0 Å². The third-order valence-electron chi connectivity index (χ3n) is 3.91. The van der Waals surface area contributed by atoms with Crippen LogP contribution in [0.15, 0.2) is 42.5 Å². The summed E-state index contributed by atoms with van der Waals surface area (Å²) in [7, 11) is 0. The Morgan fingerprint density at radius 1 is 1.10 bits per heavy atom. The lowest BCUT2D eigenvalue weighted by Gasteiger charge is -2.43. The molecule has 0 bridgehead atoms. The molecule has 1 fully saturated rings. The number of hydrogen-bond donors (Lipinski definition) is 1. The van der Waals surface area contributed by atoms with Crippen molar-refractivity contribution in [2.24, 2.45) is 0 Å². The summed E-state index contributed by atoms with van der Waals surface area (Å²) < 4.78 is 13.1. The van der Waals surface area contributed by atoms with Gasteiger partial charge in [0.1, 0.15) is 5.82 Å². The Bertz CT molecular complexity index is 638. The number of halogens is 3. The zero-order valence-corrected chi connectivity index (χ0v) is 12.3. The van der Waals surface area contributed by atoms with Crippen molar-refractivity contribution >= 4 is 23.2 Å². The first-order chi connectivity index (χ1) is 9.59. The van der Waals surface area contributed by atoms with E-state index >= 15 is 0 Å². The zero-order valence-electron chi connectivity index (χ0n) is 10.8. The fourth-order valence-electron chi connectivity index (χ4n) is 2.71. The second-order valence-electron chi connectivity index (χ2n) is 5.31. The molecule has 1 saturated heterocycles. The van der Waals surface area contributed by atoms with Gasteiger partial charge in [0.2, 0.25) is 0 Å². The second-order valence-corrected chi connectivity index (χ2v) is 6.15. The molecule has 1 aliphatic heterocycles. The van der Waals surface area contributed by atoms with Crippen LogP contribution in [0.3, 0.4) is 0 Å². The van der Waals surface area contributed by atoms with Crippen LogP contribution in [-0.4, -0.2) is 13.1 Å². The van der Waals surface area contributed by atoms with Gasteiger partial charge in [0.15, 0.2) is 0 Å². The summed E-state index contributed by atoms with van der Waals surface area (Å²) in [4.78, 5) is 0. The SMILES string of the molecule is Fc1ccc(CC2(c3cccc(Cl)c3)CNC2)c(Cl)c1. The van der Waals surface area contributed by atoms with Gasteiger partial charge in [-0.3, -0.25) is 0 Å². The van der Waals surface area contributed by atoms with Crippen molar-refractivity contribution in [3.8, 4) is 0 Å². The van der Waals surface area contributed by atoms with Gasteiger partial charge in [0, 0.05) is 28.5 Å². The van der Waals surface area contributed by atoms with E-state index in [9.17, 15) is 4.39 Å². The van der Waals surface area contributed by atoms with E-state index in [1.54, 1.807) is 6.07 Å². The topological polar surface area (TPSA) is 12.0 Å². The van der Waals surface area contributed by atoms with Crippen LogP contribution < -0.4 is 5.32 Å². The van der Waals surface area contributed by atoms with Gasteiger partial charge in [-0.2, -0.15) is 0 Å². The molecule has 3 rings (SSSR count). The minimum atomic E-state index is -0.303. The standard InChI is InChI=1S/C16H14Cl2FN/c17-13-3-1-2-12(6-13)16(9-20-10-16)8-11-4-5-14(19)7-15(11)18/h1-7,20H,8-10H2. The summed E-state index contributed by atoms with van der Waals surface area (Å²) in [5, 5.41) is 4.53. The molecule has 0 spiro atoms. The summed E-state index contributed by atoms with van der Waals surface area (Å²) in [5.74, 6) is -0.303. The van der Waals surface area contributed by atoms with E-state index in [1.807, 2.05) is 18.2 Å².